The number of likely N-dealkylation sites (tertiary alicyclic amines) is 1. The van der Waals surface area contributed by atoms with Crippen molar-refractivity contribution in [1.29, 1.82) is 0 Å². The Morgan fingerprint density at radius 1 is 1.28 bits per heavy atom. The van der Waals surface area contributed by atoms with Crippen molar-refractivity contribution in [3.05, 3.63) is 57.3 Å². The van der Waals surface area contributed by atoms with E-state index in [2.05, 4.69) is 9.97 Å². The van der Waals surface area contributed by atoms with Crippen molar-refractivity contribution in [3.8, 4) is 5.75 Å². The second kappa shape index (κ2) is 7.69. The quantitative estimate of drug-likeness (QED) is 0.847. The summed E-state index contributed by atoms with van der Waals surface area (Å²) in [6.07, 6.45) is 1.37. The first-order chi connectivity index (χ1) is 14.0. The third-order valence-electron chi connectivity index (χ3n) is 5.44. The van der Waals surface area contributed by atoms with Crippen LogP contribution in [-0.4, -0.2) is 50.8 Å². The van der Waals surface area contributed by atoms with Crippen LogP contribution in [0.3, 0.4) is 0 Å². The summed E-state index contributed by atoms with van der Waals surface area (Å²) in [5.41, 5.74) is 1.43. The van der Waals surface area contributed by atoms with Gasteiger partial charge in [0.1, 0.15) is 17.6 Å². The van der Waals surface area contributed by atoms with Gasteiger partial charge in [-0.2, -0.15) is 0 Å². The van der Waals surface area contributed by atoms with Crippen molar-refractivity contribution < 1.29 is 14.3 Å². The molecule has 1 saturated heterocycles. The van der Waals surface area contributed by atoms with E-state index in [0.29, 0.717) is 54.5 Å². The normalized spacial score (nSPS) is 18.1. The third kappa shape index (κ3) is 3.50. The van der Waals surface area contributed by atoms with Gasteiger partial charge >= 0.3 is 0 Å². The first kappa shape index (κ1) is 19.2. The van der Waals surface area contributed by atoms with Gasteiger partial charge in [0.25, 0.3) is 11.5 Å². The van der Waals surface area contributed by atoms with Crippen LogP contribution in [0.1, 0.15) is 47.2 Å². The number of rotatable bonds is 4. The van der Waals surface area contributed by atoms with E-state index in [1.807, 2.05) is 13.0 Å². The predicted molar refractivity (Wildman–Crippen MR) is 106 cm³/mol. The number of benzene rings is 1. The maximum Gasteiger partial charge on any atom is 0.258 e. The molecule has 1 fully saturated rings. The van der Waals surface area contributed by atoms with Crippen molar-refractivity contribution in [2.24, 2.45) is 0 Å². The van der Waals surface area contributed by atoms with Crippen molar-refractivity contribution in [2.75, 3.05) is 13.2 Å². The van der Waals surface area contributed by atoms with Crippen LogP contribution < -0.4 is 10.3 Å². The fourth-order valence-electron chi connectivity index (χ4n) is 4.10. The zero-order valence-corrected chi connectivity index (χ0v) is 16.6. The van der Waals surface area contributed by atoms with E-state index in [0.717, 1.165) is 6.42 Å². The largest absolute Gasteiger partial charge is 0.493 e. The lowest BCUT2D eigenvalue weighted by Crippen LogP contribution is -2.46. The standard InChI is InChI=1S/C21H24N4O4/c1-3-29-18-9-5-4-7-14(18)20(27)25-10-6-8-17(25)21(28)24-11-15-16(12-24)22-13(2)23-19(15)26/h4-5,7,9,17H,3,6,8,10-12H2,1-2H3,(H,22,23,26). The Morgan fingerprint density at radius 2 is 2.07 bits per heavy atom. The number of hydrogen-bond acceptors (Lipinski definition) is 5. The van der Waals surface area contributed by atoms with Crippen LogP contribution in [0.5, 0.6) is 5.75 Å². The topological polar surface area (TPSA) is 95.6 Å². The highest BCUT2D eigenvalue weighted by Crippen LogP contribution is 2.28. The average Bonchev–Trinajstić information content (AvgIpc) is 3.35. The summed E-state index contributed by atoms with van der Waals surface area (Å²) in [5, 5.41) is 0. The van der Waals surface area contributed by atoms with Crippen LogP contribution in [0.4, 0.5) is 0 Å². The molecule has 2 aromatic rings. The maximum absolute atomic E-state index is 13.2. The second-order valence-electron chi connectivity index (χ2n) is 7.36. The van der Waals surface area contributed by atoms with E-state index in [1.54, 1.807) is 34.9 Å². The van der Waals surface area contributed by atoms with Gasteiger partial charge in [0.05, 0.1) is 36.5 Å². The number of para-hydroxylation sites is 1. The number of amides is 2. The van der Waals surface area contributed by atoms with Crippen LogP contribution >= 0.6 is 0 Å². The van der Waals surface area contributed by atoms with Gasteiger partial charge in [-0.15, -0.1) is 0 Å². The van der Waals surface area contributed by atoms with Gasteiger partial charge in [-0.1, -0.05) is 12.1 Å². The summed E-state index contributed by atoms with van der Waals surface area (Å²) in [6, 6.07) is 6.57. The molecular formula is C21H24N4O4. The number of fused-ring (bicyclic) bond motifs is 1. The summed E-state index contributed by atoms with van der Waals surface area (Å²) < 4.78 is 5.59. The Bertz CT molecular complexity index is 1020. The van der Waals surface area contributed by atoms with Gasteiger partial charge in [-0.3, -0.25) is 14.4 Å². The first-order valence-corrected chi connectivity index (χ1v) is 9.89. The van der Waals surface area contributed by atoms with Gasteiger partial charge in [0, 0.05) is 6.54 Å². The van der Waals surface area contributed by atoms with E-state index < -0.39 is 6.04 Å². The molecule has 2 amide bonds. The second-order valence-corrected chi connectivity index (χ2v) is 7.36. The van der Waals surface area contributed by atoms with Crippen LogP contribution in [0.15, 0.2) is 29.1 Å². The number of hydrogen-bond donors (Lipinski definition) is 1. The molecule has 2 aliphatic heterocycles. The number of ether oxygens (including phenoxy) is 1. The highest BCUT2D eigenvalue weighted by molar-refractivity contribution is 6.00. The fraction of sp³-hybridized carbons (Fsp3) is 0.429. The molecule has 0 bridgehead atoms. The van der Waals surface area contributed by atoms with Gasteiger partial charge in [-0.25, -0.2) is 4.98 Å². The Hall–Kier alpha value is -3.16. The molecule has 1 aromatic heterocycles. The van der Waals surface area contributed by atoms with Gasteiger partial charge in [-0.05, 0) is 38.8 Å². The molecule has 0 radical (unpaired) electrons. The van der Waals surface area contributed by atoms with Crippen molar-refractivity contribution in [1.82, 2.24) is 19.8 Å². The highest BCUT2D eigenvalue weighted by atomic mass is 16.5. The molecular weight excluding hydrogens is 372 g/mol. The Morgan fingerprint density at radius 3 is 2.86 bits per heavy atom. The van der Waals surface area contributed by atoms with Crippen LogP contribution in [0, 0.1) is 6.92 Å². The summed E-state index contributed by atoms with van der Waals surface area (Å²) >= 11 is 0. The molecule has 0 aliphatic carbocycles. The molecule has 8 nitrogen and oxygen atoms in total. The molecule has 152 valence electrons. The van der Waals surface area contributed by atoms with Gasteiger partial charge < -0.3 is 19.5 Å². The van der Waals surface area contributed by atoms with E-state index in [1.165, 1.54) is 0 Å². The monoisotopic (exact) mass is 396 g/mol. The molecule has 1 N–H and O–H groups in total. The SMILES string of the molecule is CCOc1ccccc1C(=O)N1CCCC1C(=O)N1Cc2nc(C)[nH]c(=O)c2C1. The molecule has 1 aromatic carbocycles. The molecule has 1 atom stereocenters. The molecule has 29 heavy (non-hydrogen) atoms. The minimum atomic E-state index is -0.535. The number of H-pyrrole nitrogens is 1. The molecule has 8 heteroatoms. The highest BCUT2D eigenvalue weighted by Gasteiger charge is 2.39. The summed E-state index contributed by atoms with van der Waals surface area (Å²) in [7, 11) is 0. The zero-order chi connectivity index (χ0) is 20.5. The minimum absolute atomic E-state index is 0.139. The van der Waals surface area contributed by atoms with Crippen LogP contribution in [0.25, 0.3) is 0 Å². The maximum atomic E-state index is 13.2. The molecule has 0 spiro atoms. The summed E-state index contributed by atoms with van der Waals surface area (Å²) in [6.45, 7) is 5.09. The van der Waals surface area contributed by atoms with Gasteiger partial charge in [0.15, 0.2) is 0 Å². The van der Waals surface area contributed by atoms with E-state index in [-0.39, 0.29) is 23.9 Å². The lowest BCUT2D eigenvalue weighted by molar-refractivity contribution is -0.136. The number of carbonyl (C=O) groups is 2. The van der Waals surface area contributed by atoms with Crippen LogP contribution in [0.2, 0.25) is 0 Å². The van der Waals surface area contributed by atoms with Crippen molar-refractivity contribution in [2.45, 2.75) is 45.8 Å². The fourth-order valence-corrected chi connectivity index (χ4v) is 4.10. The number of aryl methyl sites for hydroxylation is 1. The molecule has 2 aliphatic rings. The number of carbonyl (C=O) groups excluding carboxylic acids is 2. The summed E-state index contributed by atoms with van der Waals surface area (Å²) in [4.78, 5) is 48.9. The van der Waals surface area contributed by atoms with E-state index in [4.69, 9.17) is 4.74 Å². The van der Waals surface area contributed by atoms with Gasteiger partial charge in [0.2, 0.25) is 5.91 Å². The third-order valence-corrected chi connectivity index (χ3v) is 5.44. The molecule has 4 rings (SSSR count). The van der Waals surface area contributed by atoms with Crippen molar-refractivity contribution in [3.63, 3.8) is 0 Å². The Kier molecular flexibility index (Phi) is 5.08. The average molecular weight is 396 g/mol. The number of aromatic nitrogens is 2. The van der Waals surface area contributed by atoms with E-state index in [9.17, 15) is 14.4 Å². The first-order valence-electron chi connectivity index (χ1n) is 9.89. The van der Waals surface area contributed by atoms with Crippen LogP contribution in [-0.2, 0) is 17.9 Å². The molecule has 0 saturated carbocycles. The van der Waals surface area contributed by atoms with Crippen molar-refractivity contribution >= 4 is 11.8 Å². The number of aromatic amines is 1. The molecule has 1 unspecified atom stereocenters. The summed E-state index contributed by atoms with van der Waals surface area (Å²) in [5.74, 6) is 0.722. The number of nitrogens with zero attached hydrogens (tertiary/aromatic N) is 3. The lowest BCUT2D eigenvalue weighted by Gasteiger charge is -2.28. The molecule has 3 heterocycles. The lowest BCUT2D eigenvalue weighted by atomic mass is 10.1. The predicted octanol–water partition coefficient (Wildman–Crippen LogP) is 1.62. The Labute approximate surface area is 168 Å². The Balaban J connectivity index is 1.55. The zero-order valence-electron chi connectivity index (χ0n) is 16.6. The number of nitrogens with one attached hydrogen (secondary N) is 1. The smallest absolute Gasteiger partial charge is 0.258 e. The van der Waals surface area contributed by atoms with E-state index >= 15 is 0 Å². The minimum Gasteiger partial charge on any atom is -0.493 e.